The molecule has 0 spiro atoms. The molecule has 1 heterocycles. The van der Waals surface area contributed by atoms with Crippen molar-refractivity contribution >= 4 is 17.2 Å². The lowest BCUT2D eigenvalue weighted by atomic mass is 10.1. The molecule has 172 valence electrons. The van der Waals surface area contributed by atoms with Crippen LogP contribution in [-0.2, 0) is 17.8 Å². The van der Waals surface area contributed by atoms with Gasteiger partial charge in [-0.25, -0.2) is 4.98 Å². The van der Waals surface area contributed by atoms with Gasteiger partial charge in [0.25, 0.3) is 0 Å². The molecule has 3 aromatic rings. The van der Waals surface area contributed by atoms with E-state index in [1.54, 1.807) is 23.6 Å². The Bertz CT molecular complexity index is 1150. The quantitative estimate of drug-likeness (QED) is 0.466. The first kappa shape index (κ1) is 24.1. The van der Waals surface area contributed by atoms with Crippen LogP contribution in [0.5, 0.6) is 11.5 Å². The third-order valence-corrected chi connectivity index (χ3v) is 5.63. The lowest BCUT2D eigenvalue weighted by Gasteiger charge is -2.24. The summed E-state index contributed by atoms with van der Waals surface area (Å²) in [5.41, 5.74) is 2.00. The highest BCUT2D eigenvalue weighted by molar-refractivity contribution is 7.13. The van der Waals surface area contributed by atoms with Crippen LogP contribution < -0.4 is 9.47 Å². The van der Waals surface area contributed by atoms with Gasteiger partial charge in [-0.3, -0.25) is 4.79 Å². The summed E-state index contributed by atoms with van der Waals surface area (Å²) in [7, 11) is 3.03. The van der Waals surface area contributed by atoms with Crippen LogP contribution >= 0.6 is 11.3 Å². The van der Waals surface area contributed by atoms with Crippen molar-refractivity contribution in [1.82, 2.24) is 9.88 Å². The topological polar surface area (TPSA) is 75.5 Å². The number of benzene rings is 2. The van der Waals surface area contributed by atoms with E-state index in [2.05, 4.69) is 4.98 Å². The van der Waals surface area contributed by atoms with Crippen molar-refractivity contribution in [2.75, 3.05) is 20.8 Å². The van der Waals surface area contributed by atoms with Gasteiger partial charge in [-0.15, -0.1) is 11.3 Å². The lowest BCUT2D eigenvalue weighted by molar-refractivity contribution is -0.162. The first-order valence-corrected chi connectivity index (χ1v) is 10.6. The normalized spacial score (nSPS) is 11.0. The number of nitriles is 1. The maximum Gasteiger partial charge on any atom is 0.406 e. The summed E-state index contributed by atoms with van der Waals surface area (Å²) >= 11 is 1.28. The van der Waals surface area contributed by atoms with Crippen LogP contribution in [0.4, 0.5) is 13.2 Å². The number of ether oxygens (including phenoxy) is 2. The molecule has 0 unspecified atom stereocenters. The van der Waals surface area contributed by atoms with Crippen LogP contribution in [0.3, 0.4) is 0 Å². The minimum Gasteiger partial charge on any atom is -0.493 e. The Balaban J connectivity index is 1.76. The molecule has 2 aromatic carbocycles. The number of halogens is 3. The Morgan fingerprint density at radius 3 is 2.42 bits per heavy atom. The molecule has 0 aliphatic carbocycles. The number of nitrogens with zero attached hydrogens (tertiary/aromatic N) is 3. The zero-order chi connectivity index (χ0) is 24.0. The Labute approximate surface area is 192 Å². The zero-order valence-electron chi connectivity index (χ0n) is 17.8. The maximum absolute atomic E-state index is 13.1. The number of carbonyl (C=O) groups is 1. The maximum atomic E-state index is 13.1. The van der Waals surface area contributed by atoms with Gasteiger partial charge in [0.2, 0.25) is 5.91 Å². The molecule has 1 aromatic heterocycles. The Kier molecular flexibility index (Phi) is 7.55. The first-order valence-electron chi connectivity index (χ1n) is 9.72. The second-order valence-corrected chi connectivity index (χ2v) is 7.92. The summed E-state index contributed by atoms with van der Waals surface area (Å²) in [4.78, 5) is 17.9. The van der Waals surface area contributed by atoms with Gasteiger partial charge in [0.1, 0.15) is 11.6 Å². The monoisotopic (exact) mass is 475 g/mol. The molecule has 3 rings (SSSR count). The number of carbonyl (C=O) groups excluding carboxylic acids is 1. The average molecular weight is 475 g/mol. The minimum absolute atomic E-state index is 0.225. The van der Waals surface area contributed by atoms with Gasteiger partial charge in [-0.2, -0.15) is 18.4 Å². The summed E-state index contributed by atoms with van der Waals surface area (Å²) in [5, 5.41) is 11.1. The largest absolute Gasteiger partial charge is 0.493 e. The van der Waals surface area contributed by atoms with Gasteiger partial charge >= 0.3 is 6.18 Å². The van der Waals surface area contributed by atoms with E-state index in [0.717, 1.165) is 10.5 Å². The Morgan fingerprint density at radius 2 is 1.82 bits per heavy atom. The Hall–Kier alpha value is -3.58. The van der Waals surface area contributed by atoms with E-state index in [-0.39, 0.29) is 13.0 Å². The van der Waals surface area contributed by atoms with E-state index < -0.39 is 18.6 Å². The van der Waals surface area contributed by atoms with Crippen molar-refractivity contribution in [3.63, 3.8) is 0 Å². The fourth-order valence-corrected chi connectivity index (χ4v) is 3.93. The SMILES string of the molecule is COc1ccc(-c2nc(CC(=O)N(Cc3ccc(C#N)cc3)CC(F)(F)F)cs2)cc1OC. The smallest absolute Gasteiger partial charge is 0.406 e. The van der Waals surface area contributed by atoms with Crippen molar-refractivity contribution in [2.45, 2.75) is 19.1 Å². The highest BCUT2D eigenvalue weighted by atomic mass is 32.1. The molecule has 0 saturated carbocycles. The van der Waals surface area contributed by atoms with E-state index in [1.165, 1.54) is 49.8 Å². The number of thiazole rings is 1. The molecule has 33 heavy (non-hydrogen) atoms. The number of alkyl halides is 3. The van der Waals surface area contributed by atoms with Crippen LogP contribution in [0.1, 0.15) is 16.8 Å². The van der Waals surface area contributed by atoms with E-state index in [1.807, 2.05) is 6.07 Å². The molecule has 0 radical (unpaired) electrons. The fourth-order valence-electron chi connectivity index (χ4n) is 3.11. The zero-order valence-corrected chi connectivity index (χ0v) is 18.7. The summed E-state index contributed by atoms with van der Waals surface area (Å²) in [5.74, 6) is 0.376. The number of aromatic nitrogens is 1. The van der Waals surface area contributed by atoms with E-state index >= 15 is 0 Å². The van der Waals surface area contributed by atoms with Crippen LogP contribution in [0.2, 0.25) is 0 Å². The molecule has 0 fully saturated rings. The third kappa shape index (κ3) is 6.46. The first-order chi connectivity index (χ1) is 15.7. The van der Waals surface area contributed by atoms with Crippen LogP contribution in [0, 0.1) is 11.3 Å². The number of hydrogen-bond acceptors (Lipinski definition) is 6. The number of rotatable bonds is 8. The standard InChI is InChI=1S/C23H20F3N3O3S/c1-31-19-8-7-17(9-20(19)32-2)22-28-18(13-33-22)10-21(30)29(14-23(24,25)26)12-16-5-3-15(11-27)4-6-16/h3-9,13H,10,12,14H2,1-2H3. The van der Waals surface area contributed by atoms with E-state index in [0.29, 0.717) is 33.3 Å². The molecular weight excluding hydrogens is 455 g/mol. The summed E-state index contributed by atoms with van der Waals surface area (Å²) < 4.78 is 49.8. The van der Waals surface area contributed by atoms with Crippen LogP contribution in [0.15, 0.2) is 47.8 Å². The number of methoxy groups -OCH3 is 2. The minimum atomic E-state index is -4.55. The van der Waals surface area contributed by atoms with Gasteiger partial charge in [-0.1, -0.05) is 12.1 Å². The lowest BCUT2D eigenvalue weighted by Crippen LogP contribution is -2.39. The van der Waals surface area contributed by atoms with Crippen molar-refractivity contribution in [1.29, 1.82) is 5.26 Å². The molecule has 0 saturated heterocycles. The van der Waals surface area contributed by atoms with E-state index in [4.69, 9.17) is 14.7 Å². The second-order valence-electron chi connectivity index (χ2n) is 7.06. The van der Waals surface area contributed by atoms with Crippen molar-refractivity contribution in [3.8, 4) is 28.1 Å². The van der Waals surface area contributed by atoms with Crippen molar-refractivity contribution < 1.29 is 27.4 Å². The molecule has 1 amide bonds. The van der Waals surface area contributed by atoms with Gasteiger partial charge in [-0.05, 0) is 35.9 Å². The highest BCUT2D eigenvalue weighted by Crippen LogP contribution is 2.33. The summed E-state index contributed by atoms with van der Waals surface area (Å²) in [6, 6.07) is 13.3. The van der Waals surface area contributed by atoms with Gasteiger partial charge < -0.3 is 14.4 Å². The molecular formula is C23H20F3N3O3S. The predicted molar refractivity (Wildman–Crippen MR) is 117 cm³/mol. The van der Waals surface area contributed by atoms with Gasteiger partial charge in [0.15, 0.2) is 11.5 Å². The molecule has 10 heteroatoms. The molecule has 6 nitrogen and oxygen atoms in total. The van der Waals surface area contributed by atoms with Gasteiger partial charge in [0.05, 0.1) is 38.0 Å². The highest BCUT2D eigenvalue weighted by Gasteiger charge is 2.33. The molecule has 0 bridgehead atoms. The second kappa shape index (κ2) is 10.4. The molecule has 0 N–H and O–H groups in total. The number of amides is 1. The Morgan fingerprint density at radius 1 is 1.12 bits per heavy atom. The average Bonchev–Trinajstić information content (AvgIpc) is 3.26. The molecule has 0 atom stereocenters. The summed E-state index contributed by atoms with van der Waals surface area (Å²) in [6.07, 6.45) is -4.81. The predicted octanol–water partition coefficient (Wildman–Crippen LogP) is 4.83. The van der Waals surface area contributed by atoms with Crippen molar-refractivity contribution in [2.24, 2.45) is 0 Å². The summed E-state index contributed by atoms with van der Waals surface area (Å²) in [6.45, 7) is -1.60. The fraction of sp³-hybridized carbons (Fsp3) is 0.261. The molecule has 0 aliphatic rings. The number of hydrogen-bond donors (Lipinski definition) is 0. The van der Waals surface area contributed by atoms with Crippen LogP contribution in [-0.4, -0.2) is 42.7 Å². The van der Waals surface area contributed by atoms with Gasteiger partial charge in [0, 0.05) is 17.5 Å². The third-order valence-electron chi connectivity index (χ3n) is 4.69. The van der Waals surface area contributed by atoms with E-state index in [9.17, 15) is 18.0 Å². The molecule has 0 aliphatic heterocycles. The van der Waals surface area contributed by atoms with Crippen LogP contribution in [0.25, 0.3) is 10.6 Å². The van der Waals surface area contributed by atoms with Crippen molar-refractivity contribution in [3.05, 3.63) is 64.7 Å².